The largest absolute Gasteiger partial charge is 0.502 e. The minimum atomic E-state index is -0.793. The molecule has 11 nitrogen and oxygen atoms in total. The van der Waals surface area contributed by atoms with Gasteiger partial charge >= 0.3 is 5.69 Å². The molecule has 12 heteroatoms. The number of phenols is 1. The number of aromatic hydroxyl groups is 1. The molecule has 0 fully saturated rings. The van der Waals surface area contributed by atoms with Crippen LogP contribution in [0.15, 0.2) is 26.3 Å². The van der Waals surface area contributed by atoms with Gasteiger partial charge in [0, 0.05) is 16.1 Å². The maximum absolute atomic E-state index is 11.6. The number of aromatic nitrogens is 2. The smallest absolute Gasteiger partial charge is 0.312 e. The number of nitrogens with zero attached hydrogens (tertiary/aromatic N) is 4. The molecule has 114 valence electrons. The molecule has 0 saturated heterocycles. The molecule has 0 saturated carbocycles. The van der Waals surface area contributed by atoms with Crippen molar-refractivity contribution in [1.82, 2.24) is 15.7 Å². The fourth-order valence-corrected chi connectivity index (χ4v) is 1.87. The number of nitrogens with one attached hydrogen (secondary N) is 1. The Morgan fingerprint density at radius 2 is 2.27 bits per heavy atom. The maximum Gasteiger partial charge on any atom is 0.312 e. The summed E-state index contributed by atoms with van der Waals surface area (Å²) in [4.78, 5) is 21.6. The zero-order valence-electron chi connectivity index (χ0n) is 10.6. The van der Waals surface area contributed by atoms with Gasteiger partial charge < -0.3 is 10.8 Å². The molecule has 0 radical (unpaired) electrons. The Balaban J connectivity index is 2.19. The number of hydrazone groups is 1. The first-order valence-corrected chi connectivity index (χ1v) is 6.27. The normalized spacial score (nSPS) is 10.8. The zero-order chi connectivity index (χ0) is 16.3. The lowest BCUT2D eigenvalue weighted by Gasteiger charge is -2.01. The SMILES string of the molecule is Nc1nonc1C(=O)N/N=C\c1cc(Br)cc([N+](=O)[O-])c1O. The summed E-state index contributed by atoms with van der Waals surface area (Å²) in [6.07, 6.45) is 1.02. The molecule has 0 unspecified atom stereocenters. The average Bonchev–Trinajstić information content (AvgIpc) is 2.88. The molecule has 0 bridgehead atoms. The van der Waals surface area contributed by atoms with Crippen LogP contribution in [0.1, 0.15) is 16.1 Å². The molecule has 4 N–H and O–H groups in total. The molecule has 0 spiro atoms. The number of nitro groups is 1. The standard InChI is InChI=1S/C10H7BrN6O5/c11-5-1-4(8(18)6(2-5)17(20)21)3-13-14-10(19)7-9(12)16-22-15-7/h1-3,18H,(H2,12,16)(H,14,19)/b13-3-. The van der Waals surface area contributed by atoms with E-state index in [2.05, 4.69) is 41.4 Å². The molecule has 1 aromatic heterocycles. The number of nitrogens with two attached hydrogens (primary N) is 1. The van der Waals surface area contributed by atoms with E-state index in [0.29, 0.717) is 4.47 Å². The Bertz CT molecular complexity index is 773. The summed E-state index contributed by atoms with van der Waals surface area (Å²) in [5.74, 6) is -1.60. The van der Waals surface area contributed by atoms with E-state index in [4.69, 9.17) is 5.73 Å². The lowest BCUT2D eigenvalue weighted by atomic mass is 10.2. The van der Waals surface area contributed by atoms with Gasteiger partial charge in [0.15, 0.2) is 0 Å². The van der Waals surface area contributed by atoms with Crippen LogP contribution >= 0.6 is 15.9 Å². The van der Waals surface area contributed by atoms with Gasteiger partial charge in [-0.1, -0.05) is 15.9 Å². The summed E-state index contributed by atoms with van der Waals surface area (Å²) >= 11 is 3.07. The number of anilines is 1. The van der Waals surface area contributed by atoms with Crippen LogP contribution in [0.2, 0.25) is 0 Å². The van der Waals surface area contributed by atoms with Crippen molar-refractivity contribution in [2.45, 2.75) is 0 Å². The highest BCUT2D eigenvalue weighted by molar-refractivity contribution is 9.10. The summed E-state index contributed by atoms with van der Waals surface area (Å²) in [6.45, 7) is 0. The molecular weight excluding hydrogens is 364 g/mol. The molecule has 1 aromatic carbocycles. The van der Waals surface area contributed by atoms with Crippen LogP contribution in [0.25, 0.3) is 0 Å². The van der Waals surface area contributed by atoms with E-state index in [9.17, 15) is 20.0 Å². The molecule has 1 heterocycles. The Morgan fingerprint density at radius 1 is 1.55 bits per heavy atom. The Morgan fingerprint density at radius 3 is 2.86 bits per heavy atom. The quantitative estimate of drug-likeness (QED) is 0.402. The molecule has 0 atom stereocenters. The van der Waals surface area contributed by atoms with E-state index < -0.39 is 22.3 Å². The molecule has 0 aliphatic rings. The molecular formula is C10H7BrN6O5. The first kappa shape index (κ1) is 15.4. The van der Waals surface area contributed by atoms with E-state index in [1.165, 1.54) is 6.07 Å². The number of carbonyl (C=O) groups is 1. The van der Waals surface area contributed by atoms with E-state index in [-0.39, 0.29) is 17.1 Å². The fraction of sp³-hybridized carbons (Fsp3) is 0. The van der Waals surface area contributed by atoms with Crippen LogP contribution in [0.5, 0.6) is 5.75 Å². The third-order valence-electron chi connectivity index (χ3n) is 2.38. The average molecular weight is 371 g/mol. The third-order valence-corrected chi connectivity index (χ3v) is 2.84. The van der Waals surface area contributed by atoms with E-state index >= 15 is 0 Å². The number of nitrogen functional groups attached to an aromatic ring is 1. The second-order valence-electron chi connectivity index (χ2n) is 3.82. The van der Waals surface area contributed by atoms with Gasteiger partial charge in [-0.3, -0.25) is 14.9 Å². The maximum atomic E-state index is 11.6. The van der Waals surface area contributed by atoms with Crippen molar-refractivity contribution in [2.24, 2.45) is 5.10 Å². The van der Waals surface area contributed by atoms with Gasteiger partial charge in [-0.05, 0) is 16.4 Å². The van der Waals surface area contributed by atoms with Gasteiger partial charge in [0.2, 0.25) is 17.3 Å². The summed E-state index contributed by atoms with van der Waals surface area (Å²) in [5.41, 5.74) is 6.63. The number of hydrogen-bond donors (Lipinski definition) is 3. The van der Waals surface area contributed by atoms with Crippen LogP contribution in [0, 0.1) is 10.1 Å². The van der Waals surface area contributed by atoms with E-state index in [0.717, 1.165) is 12.3 Å². The van der Waals surface area contributed by atoms with Gasteiger partial charge in [0.1, 0.15) is 0 Å². The van der Waals surface area contributed by atoms with E-state index in [1.807, 2.05) is 0 Å². The van der Waals surface area contributed by atoms with Crippen LogP contribution in [0.4, 0.5) is 11.5 Å². The topological polar surface area (TPSA) is 170 Å². The number of carbonyl (C=O) groups excluding carboxylic acids is 1. The highest BCUT2D eigenvalue weighted by Gasteiger charge is 2.18. The molecule has 0 aliphatic carbocycles. The number of benzene rings is 1. The van der Waals surface area contributed by atoms with Crippen molar-refractivity contribution < 1.29 is 19.5 Å². The predicted molar refractivity (Wildman–Crippen MR) is 76.2 cm³/mol. The predicted octanol–water partition coefficient (Wildman–Crippen LogP) is 0.792. The highest BCUT2D eigenvalue weighted by atomic mass is 79.9. The van der Waals surface area contributed by atoms with Gasteiger partial charge in [-0.25, -0.2) is 10.1 Å². The van der Waals surface area contributed by atoms with Crippen LogP contribution in [-0.4, -0.2) is 32.5 Å². The van der Waals surface area contributed by atoms with Crippen molar-refractivity contribution in [3.05, 3.63) is 38.0 Å². The molecule has 1 amide bonds. The van der Waals surface area contributed by atoms with Crippen LogP contribution in [0.3, 0.4) is 0 Å². The lowest BCUT2D eigenvalue weighted by Crippen LogP contribution is -2.19. The first-order valence-electron chi connectivity index (χ1n) is 5.48. The summed E-state index contributed by atoms with van der Waals surface area (Å²) in [5, 5.41) is 30.6. The number of hydrogen-bond acceptors (Lipinski definition) is 9. The Kier molecular flexibility index (Phi) is 4.31. The lowest BCUT2D eigenvalue weighted by molar-refractivity contribution is -0.385. The molecule has 22 heavy (non-hydrogen) atoms. The van der Waals surface area contributed by atoms with Crippen molar-refractivity contribution in [1.29, 1.82) is 0 Å². The Hall–Kier alpha value is -3.02. The molecule has 2 aromatic rings. The van der Waals surface area contributed by atoms with Crippen molar-refractivity contribution in [2.75, 3.05) is 5.73 Å². The number of rotatable bonds is 4. The minimum Gasteiger partial charge on any atom is -0.502 e. The van der Waals surface area contributed by atoms with Gasteiger partial charge in [-0.2, -0.15) is 5.10 Å². The second kappa shape index (κ2) is 6.17. The summed E-state index contributed by atoms with van der Waals surface area (Å²) in [6, 6.07) is 2.51. The first-order chi connectivity index (χ1) is 10.4. The van der Waals surface area contributed by atoms with Crippen molar-refractivity contribution in [3.63, 3.8) is 0 Å². The van der Waals surface area contributed by atoms with Crippen molar-refractivity contribution >= 4 is 39.6 Å². The fourth-order valence-electron chi connectivity index (χ4n) is 1.41. The van der Waals surface area contributed by atoms with Crippen molar-refractivity contribution in [3.8, 4) is 5.75 Å². The third kappa shape index (κ3) is 3.17. The number of phenolic OH excluding ortho intramolecular Hbond substituents is 1. The van der Waals surface area contributed by atoms with Gasteiger partial charge in [0.05, 0.1) is 11.1 Å². The second-order valence-corrected chi connectivity index (χ2v) is 4.73. The zero-order valence-corrected chi connectivity index (χ0v) is 12.1. The molecule has 2 rings (SSSR count). The number of halogens is 1. The Labute approximate surface area is 130 Å². The van der Waals surface area contributed by atoms with Crippen LogP contribution < -0.4 is 11.2 Å². The van der Waals surface area contributed by atoms with Gasteiger partial charge in [-0.15, -0.1) is 0 Å². The summed E-state index contributed by atoms with van der Waals surface area (Å²) < 4.78 is 4.61. The summed E-state index contributed by atoms with van der Waals surface area (Å²) in [7, 11) is 0. The number of nitro benzene ring substituents is 1. The highest BCUT2D eigenvalue weighted by Crippen LogP contribution is 2.32. The number of amides is 1. The van der Waals surface area contributed by atoms with Gasteiger partial charge in [0.25, 0.3) is 5.91 Å². The monoisotopic (exact) mass is 370 g/mol. The molecule has 0 aliphatic heterocycles. The van der Waals surface area contributed by atoms with Crippen LogP contribution in [-0.2, 0) is 0 Å². The van der Waals surface area contributed by atoms with E-state index in [1.54, 1.807) is 0 Å². The minimum absolute atomic E-state index is 0.0209.